The molecule has 0 aliphatic carbocycles. The fraction of sp³-hybridized carbons (Fsp3) is 0.333. The summed E-state index contributed by atoms with van der Waals surface area (Å²) in [6.45, 7) is 4.25. The zero-order valence-corrected chi connectivity index (χ0v) is 13.3. The lowest BCUT2D eigenvalue weighted by atomic mass is 9.94. The fourth-order valence-electron chi connectivity index (χ4n) is 3.04. The summed E-state index contributed by atoms with van der Waals surface area (Å²) in [6.07, 6.45) is 0. The summed E-state index contributed by atoms with van der Waals surface area (Å²) in [4.78, 5) is 0. The Hall–Kier alpha value is -1.45. The van der Waals surface area contributed by atoms with Crippen molar-refractivity contribution in [3.8, 4) is 0 Å². The Morgan fingerprint density at radius 2 is 1.48 bits per heavy atom. The van der Waals surface area contributed by atoms with Crippen LogP contribution in [0.2, 0.25) is 0 Å². The molecule has 0 bridgehead atoms. The average molecular weight is 299 g/mol. The van der Waals surface area contributed by atoms with Gasteiger partial charge in [-0.25, -0.2) is 0 Å². The van der Waals surface area contributed by atoms with Gasteiger partial charge in [-0.1, -0.05) is 60.7 Å². The second-order valence-electron chi connectivity index (χ2n) is 6.27. The smallest absolute Gasteiger partial charge is 0.0792 e. The maximum atomic E-state index is 12.9. The third-order valence-electron chi connectivity index (χ3n) is 3.92. The molecule has 2 aromatic carbocycles. The predicted molar refractivity (Wildman–Crippen MR) is 88.6 cm³/mol. The van der Waals surface area contributed by atoms with Crippen LogP contribution < -0.4 is 5.32 Å². The van der Waals surface area contributed by atoms with Gasteiger partial charge in [0, 0.05) is 22.1 Å². The van der Waals surface area contributed by atoms with E-state index in [-0.39, 0.29) is 16.8 Å². The number of rotatable bonds is 2. The van der Waals surface area contributed by atoms with Gasteiger partial charge in [-0.05, 0) is 25.0 Å². The Morgan fingerprint density at radius 3 is 2.05 bits per heavy atom. The zero-order chi connectivity index (χ0) is 14.9. The van der Waals surface area contributed by atoms with Gasteiger partial charge in [-0.3, -0.25) is 4.21 Å². The van der Waals surface area contributed by atoms with Crippen LogP contribution >= 0.6 is 0 Å². The van der Waals surface area contributed by atoms with Crippen molar-refractivity contribution in [3.05, 3.63) is 71.8 Å². The van der Waals surface area contributed by atoms with Crippen LogP contribution in [0.25, 0.3) is 0 Å². The molecule has 0 spiro atoms. The monoisotopic (exact) mass is 299 g/mol. The molecule has 1 saturated heterocycles. The van der Waals surface area contributed by atoms with Gasteiger partial charge in [0.2, 0.25) is 0 Å². The van der Waals surface area contributed by atoms with Gasteiger partial charge < -0.3 is 5.32 Å². The molecule has 1 fully saturated rings. The van der Waals surface area contributed by atoms with Crippen LogP contribution in [0.5, 0.6) is 0 Å². The summed E-state index contributed by atoms with van der Waals surface area (Å²) in [5.74, 6) is 0.676. The zero-order valence-electron chi connectivity index (χ0n) is 12.5. The van der Waals surface area contributed by atoms with Crippen molar-refractivity contribution < 1.29 is 4.21 Å². The van der Waals surface area contributed by atoms with E-state index in [0.29, 0.717) is 5.75 Å². The molecular formula is C18H21NOS. The average Bonchev–Trinajstić information content (AvgIpc) is 2.47. The Labute approximate surface area is 129 Å². The van der Waals surface area contributed by atoms with E-state index in [2.05, 4.69) is 43.4 Å². The number of hydrogen-bond acceptors (Lipinski definition) is 2. The molecule has 3 heteroatoms. The van der Waals surface area contributed by atoms with Crippen LogP contribution in [0.1, 0.15) is 36.3 Å². The second kappa shape index (κ2) is 5.74. The Balaban J connectivity index is 2.04. The van der Waals surface area contributed by atoms with E-state index < -0.39 is 10.8 Å². The van der Waals surface area contributed by atoms with Crippen molar-refractivity contribution in [2.75, 3.05) is 5.75 Å². The standard InChI is InChI=1S/C18H21NOS/c1-18(2)13-21(20)17(15-11-7-4-8-12-15)16(19-18)14-9-5-3-6-10-14/h3-12,16-17,19H,13H2,1-2H3. The minimum Gasteiger partial charge on any atom is -0.303 e. The molecule has 1 aliphatic rings. The fourth-order valence-corrected chi connectivity index (χ4v) is 5.00. The Morgan fingerprint density at radius 1 is 0.952 bits per heavy atom. The van der Waals surface area contributed by atoms with E-state index in [1.807, 2.05) is 36.4 Å². The first-order valence-corrected chi connectivity index (χ1v) is 8.70. The molecule has 0 amide bonds. The molecule has 2 nitrogen and oxygen atoms in total. The van der Waals surface area contributed by atoms with Crippen LogP contribution in [-0.2, 0) is 10.8 Å². The van der Waals surface area contributed by atoms with Crippen LogP contribution in [0.15, 0.2) is 60.7 Å². The van der Waals surface area contributed by atoms with E-state index in [4.69, 9.17) is 0 Å². The van der Waals surface area contributed by atoms with E-state index in [0.717, 1.165) is 5.56 Å². The summed E-state index contributed by atoms with van der Waals surface area (Å²) in [5, 5.41) is 3.70. The third-order valence-corrected chi connectivity index (χ3v) is 6.04. The number of benzene rings is 2. The molecule has 3 rings (SSSR count). The van der Waals surface area contributed by atoms with Crippen molar-refractivity contribution in [1.82, 2.24) is 5.32 Å². The lowest BCUT2D eigenvalue weighted by Crippen LogP contribution is -2.53. The van der Waals surface area contributed by atoms with Crippen molar-refractivity contribution in [2.45, 2.75) is 30.7 Å². The molecule has 3 atom stereocenters. The van der Waals surface area contributed by atoms with Gasteiger partial charge in [0.25, 0.3) is 0 Å². The summed E-state index contributed by atoms with van der Waals surface area (Å²) in [6, 6.07) is 20.6. The van der Waals surface area contributed by atoms with Gasteiger partial charge in [0.05, 0.1) is 11.3 Å². The van der Waals surface area contributed by atoms with Crippen LogP contribution in [-0.4, -0.2) is 15.5 Å². The van der Waals surface area contributed by atoms with Crippen LogP contribution in [0.3, 0.4) is 0 Å². The van der Waals surface area contributed by atoms with Crippen molar-refractivity contribution >= 4 is 10.8 Å². The van der Waals surface area contributed by atoms with Crippen molar-refractivity contribution in [1.29, 1.82) is 0 Å². The molecule has 110 valence electrons. The van der Waals surface area contributed by atoms with Gasteiger partial charge in [0.15, 0.2) is 0 Å². The first kappa shape index (κ1) is 14.5. The van der Waals surface area contributed by atoms with E-state index in [9.17, 15) is 4.21 Å². The highest BCUT2D eigenvalue weighted by molar-refractivity contribution is 7.85. The molecule has 21 heavy (non-hydrogen) atoms. The summed E-state index contributed by atoms with van der Waals surface area (Å²) < 4.78 is 12.9. The number of nitrogens with one attached hydrogen (secondary N) is 1. The van der Waals surface area contributed by atoms with Gasteiger partial charge in [-0.15, -0.1) is 0 Å². The Kier molecular flexibility index (Phi) is 3.96. The molecule has 0 radical (unpaired) electrons. The highest BCUT2D eigenvalue weighted by Gasteiger charge is 2.40. The normalized spacial score (nSPS) is 28.2. The lowest BCUT2D eigenvalue weighted by molar-refractivity contribution is 0.340. The van der Waals surface area contributed by atoms with Gasteiger partial charge in [-0.2, -0.15) is 0 Å². The van der Waals surface area contributed by atoms with E-state index in [1.165, 1.54) is 5.56 Å². The lowest BCUT2D eigenvalue weighted by Gasteiger charge is -2.42. The molecule has 1 aliphatic heterocycles. The summed E-state index contributed by atoms with van der Waals surface area (Å²) >= 11 is 0. The molecule has 0 saturated carbocycles. The highest BCUT2D eigenvalue weighted by Crippen LogP contribution is 2.39. The summed E-state index contributed by atoms with van der Waals surface area (Å²) in [7, 11) is -0.891. The van der Waals surface area contributed by atoms with Crippen molar-refractivity contribution in [2.24, 2.45) is 0 Å². The SMILES string of the molecule is CC1(C)CS(=O)C(c2ccccc2)C(c2ccccc2)N1. The maximum absolute atomic E-state index is 12.9. The molecule has 1 N–H and O–H groups in total. The molecule has 2 aromatic rings. The quantitative estimate of drug-likeness (QED) is 0.918. The first-order valence-electron chi connectivity index (χ1n) is 7.32. The molecule has 0 aromatic heterocycles. The van der Waals surface area contributed by atoms with Gasteiger partial charge in [0.1, 0.15) is 0 Å². The first-order chi connectivity index (χ1) is 10.1. The number of hydrogen-bond donors (Lipinski definition) is 1. The minimum absolute atomic E-state index is 0.00150. The van der Waals surface area contributed by atoms with Crippen LogP contribution in [0, 0.1) is 0 Å². The minimum atomic E-state index is -0.891. The van der Waals surface area contributed by atoms with E-state index in [1.54, 1.807) is 0 Å². The maximum Gasteiger partial charge on any atom is 0.0792 e. The van der Waals surface area contributed by atoms with Crippen molar-refractivity contribution in [3.63, 3.8) is 0 Å². The van der Waals surface area contributed by atoms with Gasteiger partial charge >= 0.3 is 0 Å². The summed E-state index contributed by atoms with van der Waals surface area (Å²) in [5.41, 5.74) is 2.23. The third kappa shape index (κ3) is 3.09. The highest BCUT2D eigenvalue weighted by atomic mass is 32.2. The molecular weight excluding hydrogens is 278 g/mol. The topological polar surface area (TPSA) is 29.1 Å². The van der Waals surface area contributed by atoms with E-state index >= 15 is 0 Å². The largest absolute Gasteiger partial charge is 0.303 e. The second-order valence-corrected chi connectivity index (χ2v) is 7.83. The molecule has 3 unspecified atom stereocenters. The van der Waals surface area contributed by atoms with Crippen LogP contribution in [0.4, 0.5) is 0 Å². The Bertz CT molecular complexity index is 624. The molecule has 1 heterocycles. The predicted octanol–water partition coefficient (Wildman–Crippen LogP) is 3.60.